The summed E-state index contributed by atoms with van der Waals surface area (Å²) in [5.41, 5.74) is 1.17. The van der Waals surface area contributed by atoms with Crippen molar-refractivity contribution in [2.75, 3.05) is 19.7 Å². The molecule has 0 unspecified atom stereocenters. The molecule has 1 fully saturated rings. The van der Waals surface area contributed by atoms with Crippen molar-refractivity contribution in [3.8, 4) is 0 Å². The van der Waals surface area contributed by atoms with Crippen LogP contribution in [0.5, 0.6) is 0 Å². The van der Waals surface area contributed by atoms with E-state index in [4.69, 9.17) is 4.74 Å². The first-order valence-electron chi connectivity index (χ1n) is 7.84. The zero-order valence-electron chi connectivity index (χ0n) is 13.5. The molecule has 0 aromatic heterocycles. The van der Waals surface area contributed by atoms with Gasteiger partial charge in [0, 0.05) is 30.3 Å². The number of ether oxygens (including phenoxy) is 1. The quantitative estimate of drug-likeness (QED) is 0.864. The monoisotopic (exact) mass is 318 g/mol. The molecule has 1 saturated heterocycles. The molecule has 2 amide bonds. The summed E-state index contributed by atoms with van der Waals surface area (Å²) < 4.78 is 4.86. The summed E-state index contributed by atoms with van der Waals surface area (Å²) in [6, 6.07) is 6.75. The Morgan fingerprint density at radius 3 is 2.22 bits per heavy atom. The normalized spacial score (nSPS) is 15.1. The third kappa shape index (κ3) is 4.55. The van der Waals surface area contributed by atoms with E-state index in [0.717, 1.165) is 0 Å². The highest BCUT2D eigenvalue weighted by atomic mass is 16.5. The van der Waals surface area contributed by atoms with E-state index in [2.05, 4.69) is 5.32 Å². The van der Waals surface area contributed by atoms with Crippen molar-refractivity contribution in [1.82, 2.24) is 10.2 Å². The summed E-state index contributed by atoms with van der Waals surface area (Å²) in [7, 11) is 0. The van der Waals surface area contributed by atoms with Gasteiger partial charge < -0.3 is 15.0 Å². The summed E-state index contributed by atoms with van der Waals surface area (Å²) >= 11 is 0. The molecule has 0 saturated carbocycles. The number of hydrogen-bond acceptors (Lipinski definition) is 4. The van der Waals surface area contributed by atoms with Crippen LogP contribution in [-0.2, 0) is 4.74 Å². The smallest absolute Gasteiger partial charge is 0.407 e. The van der Waals surface area contributed by atoms with Crippen LogP contribution in [0.4, 0.5) is 4.79 Å². The van der Waals surface area contributed by atoms with E-state index in [9.17, 15) is 14.4 Å². The van der Waals surface area contributed by atoms with Gasteiger partial charge in [-0.2, -0.15) is 0 Å². The van der Waals surface area contributed by atoms with E-state index in [1.807, 2.05) is 0 Å². The molecular weight excluding hydrogens is 296 g/mol. The molecule has 6 nitrogen and oxygen atoms in total. The average Bonchev–Trinajstić information content (AvgIpc) is 2.55. The molecule has 124 valence electrons. The zero-order chi connectivity index (χ0) is 16.8. The minimum Gasteiger partial charge on any atom is -0.450 e. The molecule has 1 aromatic rings. The first-order chi connectivity index (χ1) is 11.0. The van der Waals surface area contributed by atoms with E-state index in [1.165, 1.54) is 6.92 Å². The lowest BCUT2D eigenvalue weighted by Gasteiger charge is -2.32. The number of alkyl carbamates (subject to hydrolysis) is 1. The number of Topliss-reactive ketones (excluding diaryl/α,β-unsaturated/α-hetero) is 1. The molecule has 0 bridgehead atoms. The van der Waals surface area contributed by atoms with E-state index in [1.54, 1.807) is 36.1 Å². The van der Waals surface area contributed by atoms with Gasteiger partial charge in [-0.25, -0.2) is 4.79 Å². The number of carbonyl (C=O) groups is 3. The Kier molecular flexibility index (Phi) is 5.73. The molecule has 1 aliphatic heterocycles. The molecule has 0 radical (unpaired) electrons. The van der Waals surface area contributed by atoms with Crippen LogP contribution in [0.1, 0.15) is 47.4 Å². The van der Waals surface area contributed by atoms with Crippen molar-refractivity contribution in [3.63, 3.8) is 0 Å². The van der Waals surface area contributed by atoms with Crippen molar-refractivity contribution in [1.29, 1.82) is 0 Å². The van der Waals surface area contributed by atoms with Gasteiger partial charge in [0.15, 0.2) is 5.78 Å². The molecule has 23 heavy (non-hydrogen) atoms. The minimum absolute atomic E-state index is 0.0187. The van der Waals surface area contributed by atoms with Gasteiger partial charge >= 0.3 is 6.09 Å². The third-order valence-corrected chi connectivity index (χ3v) is 3.92. The number of amides is 2. The van der Waals surface area contributed by atoms with Crippen LogP contribution in [-0.4, -0.2) is 48.4 Å². The lowest BCUT2D eigenvalue weighted by Crippen LogP contribution is -2.46. The van der Waals surface area contributed by atoms with Crippen LogP contribution in [0.15, 0.2) is 24.3 Å². The Hall–Kier alpha value is -2.37. The highest BCUT2D eigenvalue weighted by Gasteiger charge is 2.24. The molecule has 1 aliphatic rings. The summed E-state index contributed by atoms with van der Waals surface area (Å²) in [4.78, 5) is 36.9. The number of likely N-dealkylation sites (tertiary alicyclic amines) is 1. The predicted molar refractivity (Wildman–Crippen MR) is 85.5 cm³/mol. The van der Waals surface area contributed by atoms with Gasteiger partial charge in [0.1, 0.15) is 0 Å². The van der Waals surface area contributed by atoms with Gasteiger partial charge in [0.05, 0.1) is 6.61 Å². The zero-order valence-corrected chi connectivity index (χ0v) is 13.5. The maximum absolute atomic E-state index is 12.4. The van der Waals surface area contributed by atoms with Gasteiger partial charge in [0.25, 0.3) is 5.91 Å². The number of rotatable bonds is 4. The Morgan fingerprint density at radius 2 is 1.70 bits per heavy atom. The molecule has 2 rings (SSSR count). The largest absolute Gasteiger partial charge is 0.450 e. The molecule has 6 heteroatoms. The number of ketones is 1. The molecule has 1 aromatic carbocycles. The summed E-state index contributed by atoms with van der Waals surface area (Å²) in [6.45, 7) is 4.78. The van der Waals surface area contributed by atoms with E-state index >= 15 is 0 Å². The molecule has 0 aliphatic carbocycles. The standard InChI is InChI=1S/C17H22N2O4/c1-3-23-17(22)18-15-8-10-19(11-9-15)16(21)14-6-4-13(5-7-14)12(2)20/h4-7,15H,3,8-11H2,1-2H3,(H,18,22). The Balaban J connectivity index is 1.88. The molecular formula is C17H22N2O4. The second-order valence-corrected chi connectivity index (χ2v) is 5.56. The SMILES string of the molecule is CCOC(=O)NC1CCN(C(=O)c2ccc(C(C)=O)cc2)CC1. The van der Waals surface area contributed by atoms with Crippen LogP contribution in [0.2, 0.25) is 0 Å². The summed E-state index contributed by atoms with van der Waals surface area (Å²) in [6.07, 6.45) is 1.00. The van der Waals surface area contributed by atoms with Crippen molar-refractivity contribution in [2.45, 2.75) is 32.7 Å². The van der Waals surface area contributed by atoms with E-state index in [-0.39, 0.29) is 17.7 Å². The highest BCUT2D eigenvalue weighted by Crippen LogP contribution is 2.15. The van der Waals surface area contributed by atoms with Crippen LogP contribution in [0.25, 0.3) is 0 Å². The Morgan fingerprint density at radius 1 is 1.13 bits per heavy atom. The van der Waals surface area contributed by atoms with Gasteiger partial charge in [-0.15, -0.1) is 0 Å². The molecule has 1 heterocycles. The Labute approximate surface area is 135 Å². The fourth-order valence-electron chi connectivity index (χ4n) is 2.60. The topological polar surface area (TPSA) is 75.7 Å². The fraction of sp³-hybridized carbons (Fsp3) is 0.471. The molecule has 1 N–H and O–H groups in total. The number of nitrogens with zero attached hydrogens (tertiary/aromatic N) is 1. The first-order valence-corrected chi connectivity index (χ1v) is 7.84. The molecule has 0 spiro atoms. The number of piperidine rings is 1. The van der Waals surface area contributed by atoms with Gasteiger partial charge in [0.2, 0.25) is 0 Å². The maximum Gasteiger partial charge on any atom is 0.407 e. The van der Waals surface area contributed by atoms with Crippen LogP contribution < -0.4 is 5.32 Å². The highest BCUT2D eigenvalue weighted by molar-refractivity contribution is 5.97. The maximum atomic E-state index is 12.4. The fourth-order valence-corrected chi connectivity index (χ4v) is 2.60. The number of hydrogen-bond donors (Lipinski definition) is 1. The third-order valence-electron chi connectivity index (χ3n) is 3.92. The van der Waals surface area contributed by atoms with Crippen LogP contribution in [0, 0.1) is 0 Å². The van der Waals surface area contributed by atoms with Crippen LogP contribution in [0.3, 0.4) is 0 Å². The van der Waals surface area contributed by atoms with Crippen molar-refractivity contribution >= 4 is 17.8 Å². The van der Waals surface area contributed by atoms with Gasteiger partial charge in [-0.05, 0) is 38.8 Å². The van der Waals surface area contributed by atoms with Crippen molar-refractivity contribution in [2.24, 2.45) is 0 Å². The van der Waals surface area contributed by atoms with Gasteiger partial charge in [-0.3, -0.25) is 9.59 Å². The summed E-state index contributed by atoms with van der Waals surface area (Å²) in [5, 5.41) is 2.80. The Bertz CT molecular complexity index is 575. The minimum atomic E-state index is -0.405. The van der Waals surface area contributed by atoms with E-state index < -0.39 is 6.09 Å². The first kappa shape index (κ1) is 17.0. The number of carbonyl (C=O) groups excluding carboxylic acids is 3. The van der Waals surface area contributed by atoms with Crippen molar-refractivity contribution < 1.29 is 19.1 Å². The lowest BCUT2D eigenvalue weighted by atomic mass is 10.0. The van der Waals surface area contributed by atoms with Crippen molar-refractivity contribution in [3.05, 3.63) is 35.4 Å². The second-order valence-electron chi connectivity index (χ2n) is 5.56. The van der Waals surface area contributed by atoms with Crippen LogP contribution >= 0.6 is 0 Å². The lowest BCUT2D eigenvalue weighted by molar-refractivity contribution is 0.0702. The van der Waals surface area contributed by atoms with E-state index in [0.29, 0.717) is 43.7 Å². The van der Waals surface area contributed by atoms with Gasteiger partial charge in [-0.1, -0.05) is 12.1 Å². The number of benzene rings is 1. The second kappa shape index (κ2) is 7.76. The summed E-state index contributed by atoms with van der Waals surface area (Å²) in [5.74, 6) is -0.0652. The molecule has 0 atom stereocenters. The number of nitrogens with one attached hydrogen (secondary N) is 1. The predicted octanol–water partition coefficient (Wildman–Crippen LogP) is 2.24. The average molecular weight is 318 g/mol.